The summed E-state index contributed by atoms with van der Waals surface area (Å²) in [4.78, 5) is 21.5. The smallest absolute Gasteiger partial charge is 0.159 e. The van der Waals surface area contributed by atoms with Gasteiger partial charge < -0.3 is 15.6 Å². The second-order valence-corrected chi connectivity index (χ2v) is 7.35. The van der Waals surface area contributed by atoms with Crippen LogP contribution in [0.3, 0.4) is 0 Å². The number of fused-ring (bicyclic) bond motifs is 1. The van der Waals surface area contributed by atoms with Crippen molar-refractivity contribution in [3.63, 3.8) is 0 Å². The molecule has 0 amide bonds. The van der Waals surface area contributed by atoms with E-state index in [0.29, 0.717) is 6.54 Å². The summed E-state index contributed by atoms with van der Waals surface area (Å²) >= 11 is 3.67. The standard InChI is InChI=1S/C18H22BrN7/c19-14-11-22-18-16(23-15(24-18)3-4-20)17(14)26-8-6-25(7-9-26)12-13-2-1-5-21-10-13/h1-2,5,10-11H,3-4,6-9,12,20H2,(H,22,23,24). The maximum absolute atomic E-state index is 5.66. The number of nitrogens with one attached hydrogen (secondary N) is 1. The first-order chi connectivity index (χ1) is 12.7. The van der Waals surface area contributed by atoms with Gasteiger partial charge in [0.2, 0.25) is 0 Å². The van der Waals surface area contributed by atoms with Crippen molar-refractivity contribution in [2.75, 3.05) is 37.6 Å². The van der Waals surface area contributed by atoms with Crippen LogP contribution >= 0.6 is 15.9 Å². The predicted octanol–water partition coefficient (Wildman–Crippen LogP) is 1.94. The number of rotatable bonds is 5. The van der Waals surface area contributed by atoms with Crippen LogP contribution in [0.25, 0.3) is 11.2 Å². The molecule has 0 aromatic carbocycles. The third-order valence-corrected chi connectivity index (χ3v) is 5.27. The monoisotopic (exact) mass is 415 g/mol. The van der Waals surface area contributed by atoms with Gasteiger partial charge in [0.25, 0.3) is 0 Å². The van der Waals surface area contributed by atoms with Gasteiger partial charge in [-0.15, -0.1) is 0 Å². The molecule has 3 aromatic heterocycles. The summed E-state index contributed by atoms with van der Waals surface area (Å²) < 4.78 is 0.983. The Hall–Kier alpha value is -2.03. The fraction of sp³-hybridized carbons (Fsp3) is 0.389. The average Bonchev–Trinajstić information content (AvgIpc) is 3.06. The van der Waals surface area contributed by atoms with Gasteiger partial charge in [-0.3, -0.25) is 9.88 Å². The van der Waals surface area contributed by atoms with Gasteiger partial charge in [0.1, 0.15) is 11.3 Å². The molecule has 1 aliphatic rings. The number of hydrogen-bond acceptors (Lipinski definition) is 6. The van der Waals surface area contributed by atoms with Crippen LogP contribution in [0.1, 0.15) is 11.4 Å². The van der Waals surface area contributed by atoms with E-state index in [0.717, 1.165) is 66.3 Å². The van der Waals surface area contributed by atoms with Crippen LogP contribution in [-0.4, -0.2) is 57.6 Å². The van der Waals surface area contributed by atoms with E-state index < -0.39 is 0 Å². The Balaban J connectivity index is 1.51. The molecule has 0 unspecified atom stereocenters. The number of nitrogens with zero attached hydrogens (tertiary/aromatic N) is 5. The molecule has 7 nitrogen and oxygen atoms in total. The molecule has 1 fully saturated rings. The number of H-pyrrole nitrogens is 1. The van der Waals surface area contributed by atoms with Gasteiger partial charge in [-0.2, -0.15) is 0 Å². The maximum atomic E-state index is 5.66. The molecule has 0 radical (unpaired) electrons. The Kier molecular flexibility index (Phi) is 5.14. The van der Waals surface area contributed by atoms with Crippen molar-refractivity contribution in [1.82, 2.24) is 24.8 Å². The Morgan fingerprint density at radius 1 is 1.19 bits per heavy atom. The normalized spacial score (nSPS) is 15.7. The van der Waals surface area contributed by atoms with E-state index in [9.17, 15) is 0 Å². The molecule has 4 rings (SSSR count). The molecule has 8 heteroatoms. The highest BCUT2D eigenvalue weighted by molar-refractivity contribution is 9.10. The predicted molar refractivity (Wildman–Crippen MR) is 106 cm³/mol. The number of nitrogens with two attached hydrogens (primary N) is 1. The van der Waals surface area contributed by atoms with E-state index in [1.165, 1.54) is 5.56 Å². The molecule has 1 aliphatic heterocycles. The number of pyridine rings is 2. The quantitative estimate of drug-likeness (QED) is 0.661. The van der Waals surface area contributed by atoms with Crippen molar-refractivity contribution in [2.24, 2.45) is 5.73 Å². The number of aromatic amines is 1. The van der Waals surface area contributed by atoms with Gasteiger partial charge >= 0.3 is 0 Å². The Labute approximate surface area is 160 Å². The number of piperazine rings is 1. The largest absolute Gasteiger partial charge is 0.366 e. The van der Waals surface area contributed by atoms with Gasteiger partial charge in [-0.25, -0.2) is 9.97 Å². The van der Waals surface area contributed by atoms with E-state index in [4.69, 9.17) is 10.7 Å². The van der Waals surface area contributed by atoms with Gasteiger partial charge in [0, 0.05) is 57.7 Å². The lowest BCUT2D eigenvalue weighted by atomic mass is 10.2. The van der Waals surface area contributed by atoms with Gasteiger partial charge in [0.05, 0.1) is 10.2 Å². The fourth-order valence-corrected chi connectivity index (χ4v) is 3.94. The van der Waals surface area contributed by atoms with E-state index in [-0.39, 0.29) is 0 Å². The highest BCUT2D eigenvalue weighted by Gasteiger charge is 2.22. The molecule has 3 N–H and O–H groups in total. The molecule has 0 atom stereocenters. The number of anilines is 1. The van der Waals surface area contributed by atoms with Crippen LogP contribution in [0, 0.1) is 0 Å². The fourth-order valence-electron chi connectivity index (χ4n) is 3.40. The zero-order chi connectivity index (χ0) is 17.9. The average molecular weight is 416 g/mol. The van der Waals surface area contributed by atoms with Crippen molar-refractivity contribution >= 4 is 32.8 Å². The minimum Gasteiger partial charge on any atom is -0.366 e. The van der Waals surface area contributed by atoms with Crippen LogP contribution in [0.15, 0.2) is 35.2 Å². The Morgan fingerprint density at radius 2 is 2.04 bits per heavy atom. The minimum atomic E-state index is 0.573. The highest BCUT2D eigenvalue weighted by Crippen LogP contribution is 2.33. The number of hydrogen-bond donors (Lipinski definition) is 2. The molecule has 0 spiro atoms. The molecule has 3 aromatic rings. The summed E-state index contributed by atoms with van der Waals surface area (Å²) in [6.07, 6.45) is 6.34. The number of halogens is 1. The molecule has 0 saturated carbocycles. The van der Waals surface area contributed by atoms with Crippen molar-refractivity contribution in [3.05, 3.63) is 46.6 Å². The van der Waals surface area contributed by atoms with Crippen LogP contribution in [0.5, 0.6) is 0 Å². The summed E-state index contributed by atoms with van der Waals surface area (Å²) in [5.74, 6) is 0.893. The first-order valence-electron chi connectivity index (χ1n) is 8.84. The molecule has 0 aliphatic carbocycles. The maximum Gasteiger partial charge on any atom is 0.159 e. The molecule has 136 valence electrons. The van der Waals surface area contributed by atoms with Gasteiger partial charge in [-0.05, 0) is 34.1 Å². The van der Waals surface area contributed by atoms with Crippen LogP contribution < -0.4 is 10.6 Å². The topological polar surface area (TPSA) is 87.0 Å². The second-order valence-electron chi connectivity index (χ2n) is 6.50. The van der Waals surface area contributed by atoms with Crippen LogP contribution in [0.2, 0.25) is 0 Å². The molecular formula is C18H22BrN7. The van der Waals surface area contributed by atoms with Crippen LogP contribution in [0.4, 0.5) is 5.69 Å². The molecule has 4 heterocycles. The van der Waals surface area contributed by atoms with Crippen molar-refractivity contribution in [2.45, 2.75) is 13.0 Å². The van der Waals surface area contributed by atoms with E-state index in [2.05, 4.69) is 46.7 Å². The van der Waals surface area contributed by atoms with Crippen molar-refractivity contribution in [1.29, 1.82) is 0 Å². The Bertz CT molecular complexity index is 872. The summed E-state index contributed by atoms with van der Waals surface area (Å²) in [5, 5.41) is 0. The number of aromatic nitrogens is 4. The third-order valence-electron chi connectivity index (χ3n) is 4.69. The zero-order valence-electron chi connectivity index (χ0n) is 14.5. The minimum absolute atomic E-state index is 0.573. The lowest BCUT2D eigenvalue weighted by molar-refractivity contribution is 0.249. The molecule has 0 bridgehead atoms. The second kappa shape index (κ2) is 7.69. The Morgan fingerprint density at radius 3 is 2.77 bits per heavy atom. The summed E-state index contributed by atoms with van der Waals surface area (Å²) in [6, 6.07) is 4.12. The lowest BCUT2D eigenvalue weighted by Gasteiger charge is -2.36. The third kappa shape index (κ3) is 3.58. The van der Waals surface area contributed by atoms with Crippen LogP contribution in [-0.2, 0) is 13.0 Å². The number of imidazole rings is 1. The first-order valence-corrected chi connectivity index (χ1v) is 9.63. The van der Waals surface area contributed by atoms with Gasteiger partial charge in [-0.1, -0.05) is 6.07 Å². The van der Waals surface area contributed by atoms with Crippen molar-refractivity contribution < 1.29 is 0 Å². The molecular weight excluding hydrogens is 394 g/mol. The van der Waals surface area contributed by atoms with E-state index in [1.807, 2.05) is 24.7 Å². The van der Waals surface area contributed by atoms with Crippen molar-refractivity contribution in [3.8, 4) is 0 Å². The van der Waals surface area contributed by atoms with E-state index >= 15 is 0 Å². The lowest BCUT2D eigenvalue weighted by Crippen LogP contribution is -2.46. The summed E-state index contributed by atoms with van der Waals surface area (Å²) in [6.45, 7) is 5.44. The molecule has 26 heavy (non-hydrogen) atoms. The highest BCUT2D eigenvalue weighted by atomic mass is 79.9. The summed E-state index contributed by atoms with van der Waals surface area (Å²) in [5.41, 5.74) is 9.78. The van der Waals surface area contributed by atoms with E-state index in [1.54, 1.807) is 0 Å². The zero-order valence-corrected chi connectivity index (χ0v) is 16.1. The summed E-state index contributed by atoms with van der Waals surface area (Å²) in [7, 11) is 0. The molecule has 1 saturated heterocycles. The van der Waals surface area contributed by atoms with Gasteiger partial charge in [0.15, 0.2) is 5.65 Å². The SMILES string of the molecule is NCCc1nc2c(N3CCN(Cc4cccnc4)CC3)c(Br)cnc2[nH]1. The first kappa shape index (κ1) is 17.4.